The van der Waals surface area contributed by atoms with Crippen LogP contribution in [0.5, 0.6) is 0 Å². The second kappa shape index (κ2) is 6.58. The Balaban J connectivity index is 1.96. The summed E-state index contributed by atoms with van der Waals surface area (Å²) in [5.41, 5.74) is 0.437. The fraction of sp³-hybridized carbons (Fsp3) is 1.00. The third-order valence-corrected chi connectivity index (χ3v) is 5.50. The Hall–Kier alpha value is -0.0800. The van der Waals surface area contributed by atoms with Crippen molar-refractivity contribution in [1.29, 1.82) is 0 Å². The van der Waals surface area contributed by atoms with Crippen LogP contribution in [0.1, 0.15) is 66.2 Å². The van der Waals surface area contributed by atoms with E-state index in [4.69, 9.17) is 0 Å². The van der Waals surface area contributed by atoms with E-state index >= 15 is 0 Å². The van der Waals surface area contributed by atoms with Crippen LogP contribution in [0.15, 0.2) is 0 Å². The highest BCUT2D eigenvalue weighted by Crippen LogP contribution is 2.44. The predicted molar refractivity (Wildman–Crippen MR) is 83.5 cm³/mol. The number of rotatable bonds is 7. The number of unbranched alkanes of at least 4 members (excludes halogenated alkanes) is 1. The molecule has 19 heavy (non-hydrogen) atoms. The zero-order valence-electron chi connectivity index (χ0n) is 13.5. The summed E-state index contributed by atoms with van der Waals surface area (Å²) in [4.78, 5) is 2.84. The quantitative estimate of drug-likeness (QED) is 0.756. The van der Waals surface area contributed by atoms with E-state index in [0.717, 1.165) is 11.8 Å². The van der Waals surface area contributed by atoms with E-state index in [1.165, 1.54) is 58.2 Å². The first-order valence-corrected chi connectivity index (χ1v) is 8.58. The van der Waals surface area contributed by atoms with E-state index in [1.807, 2.05) is 0 Å². The SMILES string of the molecule is CCCCC(CC)CN1CC(C)NCC1(C)C1CC1. The average molecular weight is 266 g/mol. The second-order valence-corrected chi connectivity index (χ2v) is 7.23. The Morgan fingerprint density at radius 3 is 2.63 bits per heavy atom. The van der Waals surface area contributed by atoms with Crippen LogP contribution >= 0.6 is 0 Å². The molecule has 2 aliphatic rings. The van der Waals surface area contributed by atoms with Gasteiger partial charge in [0.15, 0.2) is 0 Å². The number of hydrogen-bond acceptors (Lipinski definition) is 2. The minimum Gasteiger partial charge on any atom is -0.311 e. The first kappa shape index (κ1) is 15.3. The number of nitrogens with one attached hydrogen (secondary N) is 1. The normalized spacial score (nSPS) is 34.4. The largest absolute Gasteiger partial charge is 0.311 e. The van der Waals surface area contributed by atoms with Crippen molar-refractivity contribution in [2.75, 3.05) is 19.6 Å². The Morgan fingerprint density at radius 1 is 1.32 bits per heavy atom. The van der Waals surface area contributed by atoms with Crippen LogP contribution in [0.4, 0.5) is 0 Å². The average Bonchev–Trinajstić information content (AvgIpc) is 3.23. The molecular formula is C17H34N2. The standard InChI is InChI=1S/C17H34N2/c1-5-7-8-15(6-2)12-19-11-14(3)18-13-17(19,4)16-9-10-16/h14-16,18H,5-13H2,1-4H3. The fourth-order valence-electron chi connectivity index (χ4n) is 3.72. The van der Waals surface area contributed by atoms with Crippen molar-refractivity contribution in [1.82, 2.24) is 10.2 Å². The summed E-state index contributed by atoms with van der Waals surface area (Å²) in [6, 6.07) is 0.663. The van der Waals surface area contributed by atoms with Gasteiger partial charge in [0.1, 0.15) is 0 Å². The van der Waals surface area contributed by atoms with E-state index in [9.17, 15) is 0 Å². The molecule has 0 bridgehead atoms. The lowest BCUT2D eigenvalue weighted by Crippen LogP contribution is -2.64. The smallest absolute Gasteiger partial charge is 0.0334 e. The van der Waals surface area contributed by atoms with Crippen LogP contribution in [0.2, 0.25) is 0 Å². The lowest BCUT2D eigenvalue weighted by molar-refractivity contribution is 0.0230. The van der Waals surface area contributed by atoms with Gasteiger partial charge in [-0.15, -0.1) is 0 Å². The highest BCUT2D eigenvalue weighted by atomic mass is 15.3. The molecule has 1 saturated heterocycles. The van der Waals surface area contributed by atoms with Gasteiger partial charge in [-0.1, -0.05) is 33.1 Å². The van der Waals surface area contributed by atoms with Crippen molar-refractivity contribution in [3.63, 3.8) is 0 Å². The lowest BCUT2D eigenvalue weighted by atomic mass is 9.87. The highest BCUT2D eigenvalue weighted by molar-refractivity contribution is 5.04. The van der Waals surface area contributed by atoms with Gasteiger partial charge in [-0.3, -0.25) is 4.90 Å². The molecular weight excluding hydrogens is 232 g/mol. The Kier molecular flexibility index (Phi) is 5.30. The van der Waals surface area contributed by atoms with Crippen molar-refractivity contribution >= 4 is 0 Å². The van der Waals surface area contributed by atoms with E-state index in [2.05, 4.69) is 37.9 Å². The molecule has 1 saturated carbocycles. The molecule has 0 amide bonds. The molecule has 1 N–H and O–H groups in total. The van der Waals surface area contributed by atoms with Crippen molar-refractivity contribution in [3.8, 4) is 0 Å². The molecule has 1 aliphatic carbocycles. The molecule has 3 atom stereocenters. The summed E-state index contributed by atoms with van der Waals surface area (Å²) in [6.45, 7) is 13.3. The molecule has 2 fully saturated rings. The fourth-order valence-corrected chi connectivity index (χ4v) is 3.72. The van der Waals surface area contributed by atoms with Crippen LogP contribution in [-0.4, -0.2) is 36.1 Å². The number of piperazine rings is 1. The molecule has 2 heteroatoms. The zero-order valence-corrected chi connectivity index (χ0v) is 13.5. The molecule has 0 radical (unpaired) electrons. The molecule has 0 aromatic carbocycles. The summed E-state index contributed by atoms with van der Waals surface area (Å²) >= 11 is 0. The van der Waals surface area contributed by atoms with E-state index in [1.54, 1.807) is 0 Å². The first-order chi connectivity index (χ1) is 9.10. The molecule has 0 aromatic rings. The van der Waals surface area contributed by atoms with Crippen molar-refractivity contribution in [3.05, 3.63) is 0 Å². The van der Waals surface area contributed by atoms with Crippen LogP contribution in [0.3, 0.4) is 0 Å². The molecule has 3 unspecified atom stereocenters. The molecule has 0 aromatic heterocycles. The van der Waals surface area contributed by atoms with Crippen LogP contribution in [0, 0.1) is 11.8 Å². The molecule has 1 aliphatic heterocycles. The zero-order chi connectivity index (χ0) is 13.9. The van der Waals surface area contributed by atoms with Gasteiger partial charge in [-0.2, -0.15) is 0 Å². The summed E-state index contributed by atoms with van der Waals surface area (Å²) in [5, 5.41) is 3.72. The summed E-state index contributed by atoms with van der Waals surface area (Å²) in [5.74, 6) is 1.86. The van der Waals surface area contributed by atoms with Crippen molar-refractivity contribution in [2.24, 2.45) is 11.8 Å². The predicted octanol–water partition coefficient (Wildman–Crippen LogP) is 3.67. The van der Waals surface area contributed by atoms with Crippen LogP contribution in [-0.2, 0) is 0 Å². The lowest BCUT2D eigenvalue weighted by Gasteiger charge is -2.49. The molecule has 112 valence electrons. The molecule has 2 nitrogen and oxygen atoms in total. The minimum atomic E-state index is 0.437. The summed E-state index contributed by atoms with van der Waals surface area (Å²) < 4.78 is 0. The molecule has 0 spiro atoms. The summed E-state index contributed by atoms with van der Waals surface area (Å²) in [7, 11) is 0. The van der Waals surface area contributed by atoms with E-state index in [0.29, 0.717) is 11.6 Å². The number of hydrogen-bond donors (Lipinski definition) is 1. The monoisotopic (exact) mass is 266 g/mol. The second-order valence-electron chi connectivity index (χ2n) is 7.23. The van der Waals surface area contributed by atoms with Gasteiger partial charge >= 0.3 is 0 Å². The maximum absolute atomic E-state index is 3.72. The van der Waals surface area contributed by atoms with Gasteiger partial charge in [0.25, 0.3) is 0 Å². The first-order valence-electron chi connectivity index (χ1n) is 8.58. The number of nitrogens with zero attached hydrogens (tertiary/aromatic N) is 1. The Bertz CT molecular complexity index is 274. The van der Waals surface area contributed by atoms with Gasteiger partial charge in [0.05, 0.1) is 0 Å². The van der Waals surface area contributed by atoms with Gasteiger partial charge < -0.3 is 5.32 Å². The van der Waals surface area contributed by atoms with E-state index < -0.39 is 0 Å². The Labute approximate surface area is 120 Å². The summed E-state index contributed by atoms with van der Waals surface area (Å²) in [6.07, 6.45) is 8.42. The highest BCUT2D eigenvalue weighted by Gasteiger charge is 2.47. The third-order valence-electron chi connectivity index (χ3n) is 5.50. The van der Waals surface area contributed by atoms with Crippen molar-refractivity contribution in [2.45, 2.75) is 77.8 Å². The van der Waals surface area contributed by atoms with E-state index in [-0.39, 0.29) is 0 Å². The minimum absolute atomic E-state index is 0.437. The van der Waals surface area contributed by atoms with Gasteiger partial charge in [-0.25, -0.2) is 0 Å². The molecule has 1 heterocycles. The van der Waals surface area contributed by atoms with Crippen LogP contribution in [0.25, 0.3) is 0 Å². The van der Waals surface area contributed by atoms with Crippen molar-refractivity contribution < 1.29 is 0 Å². The topological polar surface area (TPSA) is 15.3 Å². The van der Waals surface area contributed by atoms with Gasteiger partial charge in [0, 0.05) is 31.2 Å². The molecule has 2 rings (SSSR count). The van der Waals surface area contributed by atoms with Crippen LogP contribution < -0.4 is 5.32 Å². The Morgan fingerprint density at radius 2 is 2.05 bits per heavy atom. The van der Waals surface area contributed by atoms with Gasteiger partial charge in [0.2, 0.25) is 0 Å². The maximum Gasteiger partial charge on any atom is 0.0334 e. The maximum atomic E-state index is 3.72. The third kappa shape index (κ3) is 3.72. The van der Waals surface area contributed by atoms with Gasteiger partial charge in [-0.05, 0) is 44.9 Å².